The topological polar surface area (TPSA) is 67.8 Å². The van der Waals surface area contributed by atoms with Crippen molar-refractivity contribution in [3.05, 3.63) is 39.9 Å². The summed E-state index contributed by atoms with van der Waals surface area (Å²) in [5, 5.41) is 0.878. The minimum Gasteiger partial charge on any atom is -0.481 e. The number of hydrogen-bond donors (Lipinski definition) is 0. The van der Waals surface area contributed by atoms with Gasteiger partial charge < -0.3 is 19.3 Å². The Labute approximate surface area is 161 Å². The quantitative estimate of drug-likeness (QED) is 0.791. The number of anilines is 1. The Balaban J connectivity index is 1.71. The summed E-state index contributed by atoms with van der Waals surface area (Å²) in [5.41, 5.74) is 0.415. The molecule has 1 aromatic heterocycles. The van der Waals surface area contributed by atoms with Crippen molar-refractivity contribution in [2.75, 3.05) is 45.3 Å². The normalized spacial score (nSPS) is 14.3. The molecule has 2 aromatic rings. The van der Waals surface area contributed by atoms with Gasteiger partial charge in [0.25, 0.3) is 5.91 Å². The predicted octanol–water partition coefficient (Wildman–Crippen LogP) is 2.76. The number of carbonyl (C=O) groups is 1. The summed E-state index contributed by atoms with van der Waals surface area (Å²) in [7, 11) is 3.04. The molecule has 0 unspecified atom stereocenters. The molecule has 0 radical (unpaired) electrons. The highest BCUT2D eigenvalue weighted by Gasteiger charge is 2.25. The molecule has 0 spiro atoms. The van der Waals surface area contributed by atoms with Crippen LogP contribution in [-0.2, 0) is 0 Å². The van der Waals surface area contributed by atoms with Crippen molar-refractivity contribution in [2.24, 2.45) is 0 Å². The zero-order valence-electron chi connectivity index (χ0n) is 14.4. The Morgan fingerprint density at radius 2 is 1.77 bits per heavy atom. The average Bonchev–Trinajstić information content (AvgIpc) is 2.69. The van der Waals surface area contributed by atoms with Crippen molar-refractivity contribution in [1.29, 1.82) is 0 Å². The van der Waals surface area contributed by atoms with E-state index >= 15 is 0 Å². The van der Waals surface area contributed by atoms with Crippen LogP contribution in [0.1, 0.15) is 10.4 Å². The van der Waals surface area contributed by atoms with Crippen molar-refractivity contribution in [2.45, 2.75) is 0 Å². The van der Waals surface area contributed by atoms with Gasteiger partial charge in [0.1, 0.15) is 5.82 Å². The fraction of sp³-hybridized carbons (Fsp3) is 0.353. The van der Waals surface area contributed by atoms with E-state index in [0.29, 0.717) is 53.5 Å². The highest BCUT2D eigenvalue weighted by atomic mass is 35.5. The van der Waals surface area contributed by atoms with Crippen molar-refractivity contribution in [3.63, 3.8) is 0 Å². The van der Waals surface area contributed by atoms with Crippen molar-refractivity contribution >= 4 is 34.9 Å². The molecule has 1 fully saturated rings. The van der Waals surface area contributed by atoms with E-state index in [9.17, 15) is 4.79 Å². The first kappa shape index (κ1) is 18.5. The van der Waals surface area contributed by atoms with Crippen LogP contribution >= 0.6 is 23.2 Å². The maximum absolute atomic E-state index is 12.7. The third-order valence-electron chi connectivity index (χ3n) is 4.11. The van der Waals surface area contributed by atoms with E-state index < -0.39 is 0 Å². The second kappa shape index (κ2) is 7.97. The van der Waals surface area contributed by atoms with E-state index in [1.807, 2.05) is 0 Å². The summed E-state index contributed by atoms with van der Waals surface area (Å²) in [6, 6.07) is 6.87. The number of hydrogen-bond acceptors (Lipinski definition) is 6. The van der Waals surface area contributed by atoms with Gasteiger partial charge in [-0.05, 0) is 18.2 Å². The molecule has 3 rings (SSSR count). The highest BCUT2D eigenvalue weighted by molar-refractivity contribution is 6.35. The van der Waals surface area contributed by atoms with Crippen LogP contribution in [0.3, 0.4) is 0 Å². The molecule has 2 heterocycles. The standard InChI is InChI=1S/C17H18Cl2N4O3/c1-25-15-10-14(20-17(21-15)26-2)22-5-7-23(8-6-22)16(24)12-9-11(18)3-4-13(12)19/h3-4,9-10H,5-8H2,1-2H3. The third kappa shape index (κ3) is 3.94. The summed E-state index contributed by atoms with van der Waals surface area (Å²) in [4.78, 5) is 25.0. The fourth-order valence-corrected chi connectivity index (χ4v) is 3.09. The Kier molecular flexibility index (Phi) is 5.68. The van der Waals surface area contributed by atoms with Gasteiger partial charge in [-0.1, -0.05) is 23.2 Å². The Hall–Kier alpha value is -2.25. The number of nitrogens with zero attached hydrogens (tertiary/aromatic N) is 4. The predicted molar refractivity (Wildman–Crippen MR) is 99.7 cm³/mol. The number of aromatic nitrogens is 2. The van der Waals surface area contributed by atoms with Crippen LogP contribution in [-0.4, -0.2) is 61.2 Å². The smallest absolute Gasteiger partial charge is 0.321 e. The molecule has 0 N–H and O–H groups in total. The lowest BCUT2D eigenvalue weighted by Gasteiger charge is -2.35. The van der Waals surface area contributed by atoms with E-state index in [-0.39, 0.29) is 11.9 Å². The molecule has 1 aromatic carbocycles. The zero-order valence-corrected chi connectivity index (χ0v) is 15.9. The van der Waals surface area contributed by atoms with Crippen LogP contribution < -0.4 is 14.4 Å². The second-order valence-electron chi connectivity index (χ2n) is 5.66. The molecule has 26 heavy (non-hydrogen) atoms. The van der Waals surface area contributed by atoms with E-state index in [1.54, 1.807) is 29.2 Å². The molecular formula is C17H18Cl2N4O3. The van der Waals surface area contributed by atoms with Crippen LogP contribution in [0.2, 0.25) is 10.0 Å². The number of carbonyl (C=O) groups excluding carboxylic acids is 1. The van der Waals surface area contributed by atoms with Crippen molar-refractivity contribution in [3.8, 4) is 11.9 Å². The summed E-state index contributed by atoms with van der Waals surface area (Å²) < 4.78 is 10.3. The van der Waals surface area contributed by atoms with Gasteiger partial charge in [-0.3, -0.25) is 4.79 Å². The lowest BCUT2D eigenvalue weighted by atomic mass is 10.1. The van der Waals surface area contributed by atoms with E-state index in [0.717, 1.165) is 0 Å². The maximum Gasteiger partial charge on any atom is 0.321 e. The maximum atomic E-state index is 12.7. The van der Waals surface area contributed by atoms with Crippen LogP contribution in [0.4, 0.5) is 5.82 Å². The fourth-order valence-electron chi connectivity index (χ4n) is 2.72. The number of methoxy groups -OCH3 is 2. The molecular weight excluding hydrogens is 379 g/mol. The summed E-state index contributed by atoms with van der Waals surface area (Å²) in [6.45, 7) is 2.31. The molecule has 9 heteroatoms. The van der Waals surface area contributed by atoms with E-state index in [4.69, 9.17) is 32.7 Å². The van der Waals surface area contributed by atoms with Crippen molar-refractivity contribution < 1.29 is 14.3 Å². The van der Waals surface area contributed by atoms with Gasteiger partial charge in [0.05, 0.1) is 24.8 Å². The Morgan fingerprint density at radius 1 is 1.04 bits per heavy atom. The number of piperazine rings is 1. The third-order valence-corrected chi connectivity index (χ3v) is 4.67. The molecule has 1 saturated heterocycles. The first-order valence-corrected chi connectivity index (χ1v) is 8.73. The van der Waals surface area contributed by atoms with Crippen LogP contribution in [0.5, 0.6) is 11.9 Å². The monoisotopic (exact) mass is 396 g/mol. The molecule has 0 aliphatic carbocycles. The zero-order chi connectivity index (χ0) is 18.7. The van der Waals surface area contributed by atoms with E-state index in [1.165, 1.54) is 14.2 Å². The SMILES string of the molecule is COc1cc(N2CCN(C(=O)c3cc(Cl)ccc3Cl)CC2)nc(OC)n1. The second-order valence-corrected chi connectivity index (χ2v) is 6.50. The van der Waals surface area contributed by atoms with Crippen LogP contribution in [0.25, 0.3) is 0 Å². The number of halogens is 2. The van der Waals surface area contributed by atoms with Gasteiger partial charge in [0, 0.05) is 37.3 Å². The van der Waals surface area contributed by atoms with Gasteiger partial charge in [0.15, 0.2) is 0 Å². The molecule has 1 aliphatic rings. The molecule has 7 nitrogen and oxygen atoms in total. The number of rotatable bonds is 4. The lowest BCUT2D eigenvalue weighted by Crippen LogP contribution is -2.49. The molecule has 1 amide bonds. The Morgan fingerprint density at radius 3 is 2.42 bits per heavy atom. The summed E-state index contributed by atoms with van der Waals surface area (Å²) >= 11 is 12.1. The van der Waals surface area contributed by atoms with Crippen LogP contribution in [0.15, 0.2) is 24.3 Å². The molecule has 0 atom stereocenters. The van der Waals surface area contributed by atoms with Gasteiger partial charge in [-0.25, -0.2) is 0 Å². The van der Waals surface area contributed by atoms with Crippen molar-refractivity contribution in [1.82, 2.24) is 14.9 Å². The van der Waals surface area contributed by atoms with E-state index in [2.05, 4.69) is 14.9 Å². The Bertz CT molecular complexity index is 788. The van der Waals surface area contributed by atoms with Crippen LogP contribution in [0, 0.1) is 0 Å². The summed E-state index contributed by atoms with van der Waals surface area (Å²) in [6.07, 6.45) is 0. The molecule has 0 bridgehead atoms. The first-order chi connectivity index (χ1) is 12.5. The van der Waals surface area contributed by atoms with Gasteiger partial charge in [-0.2, -0.15) is 9.97 Å². The van der Waals surface area contributed by atoms with Gasteiger partial charge in [0.2, 0.25) is 5.88 Å². The molecule has 138 valence electrons. The summed E-state index contributed by atoms with van der Waals surface area (Å²) in [5.74, 6) is 0.993. The largest absolute Gasteiger partial charge is 0.481 e. The van der Waals surface area contributed by atoms with Gasteiger partial charge in [-0.15, -0.1) is 0 Å². The lowest BCUT2D eigenvalue weighted by molar-refractivity contribution is 0.0746. The minimum atomic E-state index is -0.130. The van der Waals surface area contributed by atoms with Gasteiger partial charge >= 0.3 is 6.01 Å². The molecule has 1 aliphatic heterocycles. The number of benzene rings is 1. The highest BCUT2D eigenvalue weighted by Crippen LogP contribution is 2.25. The minimum absolute atomic E-state index is 0.130. The average molecular weight is 397 g/mol. The number of ether oxygens (including phenoxy) is 2. The first-order valence-electron chi connectivity index (χ1n) is 7.98. The number of amides is 1. The molecule has 0 saturated carbocycles.